The number of nitrogens with one attached hydrogen (secondary N) is 1. The quantitative estimate of drug-likeness (QED) is 0.263. The number of carbonyl (C=O) groups excluding carboxylic acids is 1. The van der Waals surface area contributed by atoms with Crippen LogP contribution in [0.2, 0.25) is 0 Å². The topological polar surface area (TPSA) is 121 Å². The lowest BCUT2D eigenvalue weighted by Crippen LogP contribution is -2.39. The average Bonchev–Trinajstić information content (AvgIpc) is 3.63. The smallest absolute Gasteiger partial charge is 0.230 e. The van der Waals surface area contributed by atoms with Crippen molar-refractivity contribution in [2.24, 2.45) is 5.41 Å². The van der Waals surface area contributed by atoms with Crippen molar-refractivity contribution in [2.45, 2.75) is 51.2 Å². The summed E-state index contributed by atoms with van der Waals surface area (Å²) in [4.78, 5) is 25.8. The van der Waals surface area contributed by atoms with Crippen LogP contribution in [0.5, 0.6) is 11.5 Å². The van der Waals surface area contributed by atoms with Crippen LogP contribution in [-0.2, 0) is 19.9 Å². The molecule has 224 valence electrons. The Kier molecular flexibility index (Phi) is 6.92. The van der Waals surface area contributed by atoms with Crippen molar-refractivity contribution < 1.29 is 24.1 Å². The van der Waals surface area contributed by atoms with Crippen LogP contribution in [0, 0.1) is 5.41 Å². The van der Waals surface area contributed by atoms with E-state index >= 15 is 0 Å². The highest BCUT2D eigenvalue weighted by Crippen LogP contribution is 2.52. The number of amides is 1. The van der Waals surface area contributed by atoms with Gasteiger partial charge in [0.2, 0.25) is 5.91 Å². The predicted octanol–water partition coefficient (Wildman–Crippen LogP) is 5.57. The van der Waals surface area contributed by atoms with Gasteiger partial charge in [-0.05, 0) is 17.7 Å². The van der Waals surface area contributed by atoms with Gasteiger partial charge in [0.15, 0.2) is 22.6 Å². The minimum Gasteiger partial charge on any atom is -0.457 e. The Hall–Kier alpha value is -4.64. The summed E-state index contributed by atoms with van der Waals surface area (Å²) in [7, 11) is 0. The highest BCUT2D eigenvalue weighted by Gasteiger charge is 2.47. The zero-order valence-electron chi connectivity index (χ0n) is 24.7. The molecular weight excluding hydrogens is 558 g/mol. The van der Waals surface area contributed by atoms with Gasteiger partial charge in [0.05, 0.1) is 19.0 Å². The molecule has 3 aromatic carbocycles. The first kappa shape index (κ1) is 28.1. The second-order valence-corrected chi connectivity index (χ2v) is 12.1. The first-order chi connectivity index (χ1) is 21.3. The maximum Gasteiger partial charge on any atom is 0.230 e. The van der Waals surface area contributed by atoms with Crippen LogP contribution in [0.4, 0.5) is 5.82 Å². The number of hydrogen-bond acceptors (Lipinski definition) is 8. The van der Waals surface area contributed by atoms with Gasteiger partial charge in [-0.3, -0.25) is 9.36 Å². The molecular formula is C34H33N5O5. The van der Waals surface area contributed by atoms with Crippen molar-refractivity contribution >= 4 is 22.9 Å². The summed E-state index contributed by atoms with van der Waals surface area (Å²) in [6.07, 6.45) is 1.30. The Morgan fingerprint density at radius 2 is 1.64 bits per heavy atom. The van der Waals surface area contributed by atoms with Gasteiger partial charge in [0, 0.05) is 23.0 Å². The summed E-state index contributed by atoms with van der Waals surface area (Å²) in [5.41, 5.74) is 2.02. The van der Waals surface area contributed by atoms with Crippen LogP contribution in [0.1, 0.15) is 50.1 Å². The van der Waals surface area contributed by atoms with Crippen molar-refractivity contribution in [2.75, 3.05) is 11.9 Å². The number of aliphatic hydroxyl groups is 1. The van der Waals surface area contributed by atoms with Gasteiger partial charge >= 0.3 is 0 Å². The number of aliphatic hydroxyl groups excluding tert-OH is 1. The number of anilines is 1. The van der Waals surface area contributed by atoms with E-state index in [0.717, 1.165) is 16.7 Å². The Bertz CT molecular complexity index is 1790. The fourth-order valence-corrected chi connectivity index (χ4v) is 5.87. The number of aromatic nitrogens is 4. The maximum absolute atomic E-state index is 12.6. The first-order valence-corrected chi connectivity index (χ1v) is 14.6. The number of fused-ring (bicyclic) bond motifs is 3. The van der Waals surface area contributed by atoms with E-state index < -0.39 is 29.5 Å². The highest BCUT2D eigenvalue weighted by atomic mass is 16.6. The standard InChI is InChI=1S/C34H33N5O5/c1-33(2,3)32(41)38-30-29-31(36-19-35-30)39(20-37-29)28-17-24(40)27(44-28)18-42-34(21-11-5-4-6-12-21)22-13-7-9-15-25(22)43-26-16-10-8-14-23(26)34/h4-16,19-20,24,27-28,40H,17-18H2,1-3H3,(H,35,36,38,41)/t24?,27-,28-/m1/s1. The first-order valence-electron chi connectivity index (χ1n) is 14.6. The molecule has 0 spiro atoms. The molecule has 2 aliphatic heterocycles. The minimum atomic E-state index is -0.997. The molecule has 10 nitrogen and oxygen atoms in total. The van der Waals surface area contributed by atoms with E-state index in [2.05, 4.69) is 20.3 Å². The van der Waals surface area contributed by atoms with Gasteiger partial charge in [0.25, 0.3) is 0 Å². The lowest BCUT2D eigenvalue weighted by atomic mass is 9.77. The van der Waals surface area contributed by atoms with E-state index in [1.165, 1.54) is 6.33 Å². The molecule has 5 aromatic rings. The number of carbonyl (C=O) groups is 1. The third-order valence-corrected chi connectivity index (χ3v) is 8.18. The van der Waals surface area contributed by atoms with Crippen LogP contribution < -0.4 is 10.1 Å². The molecule has 4 heterocycles. The normalized spacial score (nSPS) is 20.5. The zero-order valence-corrected chi connectivity index (χ0v) is 24.7. The number of para-hydroxylation sites is 2. The Morgan fingerprint density at radius 1 is 0.977 bits per heavy atom. The number of benzene rings is 3. The van der Waals surface area contributed by atoms with Crippen LogP contribution in [-0.4, -0.2) is 49.3 Å². The van der Waals surface area contributed by atoms with Crippen molar-refractivity contribution in [3.63, 3.8) is 0 Å². The molecule has 1 saturated heterocycles. The predicted molar refractivity (Wildman–Crippen MR) is 163 cm³/mol. The third-order valence-electron chi connectivity index (χ3n) is 8.18. The zero-order chi connectivity index (χ0) is 30.5. The number of nitrogens with zero attached hydrogens (tertiary/aromatic N) is 4. The van der Waals surface area contributed by atoms with Crippen LogP contribution in [0.15, 0.2) is 91.5 Å². The fourth-order valence-electron chi connectivity index (χ4n) is 5.87. The Labute approximate surface area is 254 Å². The molecule has 1 fully saturated rings. The molecule has 7 rings (SSSR count). The summed E-state index contributed by atoms with van der Waals surface area (Å²) < 4.78 is 21.4. The van der Waals surface area contributed by atoms with Crippen LogP contribution in [0.25, 0.3) is 11.2 Å². The molecule has 0 bridgehead atoms. The monoisotopic (exact) mass is 591 g/mol. The van der Waals surface area contributed by atoms with Crippen molar-refractivity contribution in [1.82, 2.24) is 19.5 Å². The summed E-state index contributed by atoms with van der Waals surface area (Å²) in [5, 5.41) is 14.1. The van der Waals surface area contributed by atoms with Crippen molar-refractivity contribution in [1.29, 1.82) is 0 Å². The van der Waals surface area contributed by atoms with E-state index in [1.54, 1.807) is 10.9 Å². The van der Waals surface area contributed by atoms with E-state index in [1.807, 2.05) is 99.6 Å². The second kappa shape index (κ2) is 10.8. The lowest BCUT2D eigenvalue weighted by Gasteiger charge is -2.41. The van der Waals surface area contributed by atoms with Crippen LogP contribution in [0.3, 0.4) is 0 Å². The molecule has 0 aliphatic carbocycles. The molecule has 0 saturated carbocycles. The average molecular weight is 592 g/mol. The van der Waals surface area contributed by atoms with Crippen molar-refractivity contribution in [3.05, 3.63) is 108 Å². The SMILES string of the molecule is CC(C)(C)C(=O)Nc1ncnc2c1ncn2[C@H]1CC(O)[C@@H](COC2(c3ccccc3)c3ccccc3Oc3ccccc32)O1. The molecule has 44 heavy (non-hydrogen) atoms. The summed E-state index contributed by atoms with van der Waals surface area (Å²) in [6, 6.07) is 25.8. The van der Waals surface area contributed by atoms with Gasteiger partial charge in [-0.1, -0.05) is 87.5 Å². The molecule has 10 heteroatoms. The summed E-state index contributed by atoms with van der Waals surface area (Å²) in [5.74, 6) is 1.56. The Morgan fingerprint density at radius 3 is 2.32 bits per heavy atom. The van der Waals surface area contributed by atoms with Gasteiger partial charge in [-0.15, -0.1) is 0 Å². The second-order valence-electron chi connectivity index (χ2n) is 12.1. The van der Waals surface area contributed by atoms with E-state index in [-0.39, 0.29) is 12.5 Å². The van der Waals surface area contributed by atoms with Crippen LogP contribution >= 0.6 is 0 Å². The Balaban J connectivity index is 1.19. The molecule has 3 atom stereocenters. The maximum atomic E-state index is 12.6. The lowest BCUT2D eigenvalue weighted by molar-refractivity contribution is -0.123. The molecule has 1 unspecified atom stereocenters. The van der Waals surface area contributed by atoms with Gasteiger partial charge in [-0.25, -0.2) is 15.0 Å². The molecule has 0 radical (unpaired) electrons. The molecule has 1 amide bonds. The molecule has 2 aliphatic rings. The third kappa shape index (κ3) is 4.71. The van der Waals surface area contributed by atoms with Gasteiger partial charge < -0.3 is 24.6 Å². The van der Waals surface area contributed by atoms with E-state index in [4.69, 9.17) is 14.2 Å². The fraction of sp³-hybridized carbons (Fsp3) is 0.294. The van der Waals surface area contributed by atoms with Crippen molar-refractivity contribution in [3.8, 4) is 11.5 Å². The van der Waals surface area contributed by atoms with Gasteiger partial charge in [0.1, 0.15) is 30.2 Å². The number of ether oxygens (including phenoxy) is 3. The summed E-state index contributed by atoms with van der Waals surface area (Å²) >= 11 is 0. The van der Waals surface area contributed by atoms with Gasteiger partial charge in [-0.2, -0.15) is 0 Å². The summed E-state index contributed by atoms with van der Waals surface area (Å²) in [6.45, 7) is 5.59. The largest absolute Gasteiger partial charge is 0.457 e. The number of rotatable bonds is 6. The number of imidazole rings is 1. The molecule has 2 N–H and O–H groups in total. The minimum absolute atomic E-state index is 0.101. The van der Waals surface area contributed by atoms with E-state index in [9.17, 15) is 9.90 Å². The highest BCUT2D eigenvalue weighted by molar-refractivity contribution is 5.99. The number of hydrogen-bond donors (Lipinski definition) is 2. The molecule has 2 aromatic heterocycles. The van der Waals surface area contributed by atoms with E-state index in [0.29, 0.717) is 34.9 Å².